The number of methoxy groups -OCH3 is 1. The Labute approximate surface area is 114 Å². The summed E-state index contributed by atoms with van der Waals surface area (Å²) in [6.45, 7) is 1.09. The average molecular weight is 290 g/mol. The maximum Gasteiger partial charge on any atom is 0.271 e. The van der Waals surface area contributed by atoms with E-state index < -0.39 is 4.92 Å². The van der Waals surface area contributed by atoms with Crippen LogP contribution in [0.2, 0.25) is 5.02 Å². The highest BCUT2D eigenvalue weighted by Crippen LogP contribution is 2.26. The van der Waals surface area contributed by atoms with E-state index in [1.165, 1.54) is 18.2 Å². The van der Waals surface area contributed by atoms with Gasteiger partial charge < -0.3 is 15.4 Å². The number of halogens is 1. The number of non-ortho nitro benzene ring substituents is 1. The number of benzene rings is 1. The first-order valence-corrected chi connectivity index (χ1v) is 5.81. The van der Waals surface area contributed by atoms with Crippen LogP contribution >= 0.6 is 23.8 Å². The Balaban J connectivity index is 2.62. The number of hydrogen-bond donors (Lipinski definition) is 2. The zero-order valence-electron chi connectivity index (χ0n) is 9.60. The van der Waals surface area contributed by atoms with Gasteiger partial charge in [-0.05, 0) is 18.3 Å². The minimum atomic E-state index is -0.509. The first-order valence-electron chi connectivity index (χ1n) is 5.02. The van der Waals surface area contributed by atoms with E-state index in [4.69, 9.17) is 28.6 Å². The molecule has 0 unspecified atom stereocenters. The summed E-state index contributed by atoms with van der Waals surface area (Å²) < 4.78 is 4.86. The Bertz CT molecular complexity index is 456. The second-order valence-corrected chi connectivity index (χ2v) is 4.11. The lowest BCUT2D eigenvalue weighted by Crippen LogP contribution is -2.31. The molecule has 1 rings (SSSR count). The fraction of sp³-hybridized carbons (Fsp3) is 0.300. The fourth-order valence-corrected chi connectivity index (χ4v) is 1.59. The molecule has 0 heterocycles. The van der Waals surface area contributed by atoms with Gasteiger partial charge >= 0.3 is 0 Å². The minimum absolute atomic E-state index is 0.0659. The number of ether oxygens (including phenoxy) is 1. The Morgan fingerprint density at radius 1 is 1.61 bits per heavy atom. The first-order chi connectivity index (χ1) is 8.54. The molecule has 2 N–H and O–H groups in total. The molecule has 1 aromatic carbocycles. The summed E-state index contributed by atoms with van der Waals surface area (Å²) in [5, 5.41) is 16.9. The Morgan fingerprint density at radius 3 is 2.89 bits per heavy atom. The zero-order chi connectivity index (χ0) is 13.5. The van der Waals surface area contributed by atoms with Gasteiger partial charge in [0, 0.05) is 25.8 Å². The van der Waals surface area contributed by atoms with Crippen molar-refractivity contribution < 1.29 is 9.66 Å². The molecular weight excluding hydrogens is 278 g/mol. The predicted octanol–water partition coefficient (Wildman–Crippen LogP) is 2.18. The highest BCUT2D eigenvalue weighted by molar-refractivity contribution is 7.80. The van der Waals surface area contributed by atoms with E-state index in [9.17, 15) is 10.1 Å². The highest BCUT2D eigenvalue weighted by Gasteiger charge is 2.09. The molecule has 0 aliphatic rings. The van der Waals surface area contributed by atoms with Gasteiger partial charge in [-0.3, -0.25) is 10.1 Å². The average Bonchev–Trinajstić information content (AvgIpc) is 2.32. The van der Waals surface area contributed by atoms with Gasteiger partial charge in [0.25, 0.3) is 5.69 Å². The number of nitro benzene ring substituents is 1. The van der Waals surface area contributed by atoms with E-state index in [0.29, 0.717) is 24.0 Å². The highest BCUT2D eigenvalue weighted by atomic mass is 35.5. The summed E-state index contributed by atoms with van der Waals surface area (Å²) in [6, 6.07) is 4.12. The molecule has 0 bridgehead atoms. The van der Waals surface area contributed by atoms with Crippen LogP contribution in [-0.4, -0.2) is 30.3 Å². The lowest BCUT2D eigenvalue weighted by molar-refractivity contribution is -0.384. The second kappa shape index (κ2) is 7.10. The minimum Gasteiger partial charge on any atom is -0.383 e. The molecule has 0 fully saturated rings. The van der Waals surface area contributed by atoms with Gasteiger partial charge in [-0.15, -0.1) is 0 Å². The SMILES string of the molecule is COCCNC(=S)Nc1ccc([N+](=O)[O-])cc1Cl. The molecule has 0 amide bonds. The molecule has 18 heavy (non-hydrogen) atoms. The van der Waals surface area contributed by atoms with Crippen LogP contribution in [0, 0.1) is 10.1 Å². The molecule has 8 heteroatoms. The van der Waals surface area contributed by atoms with Crippen molar-refractivity contribution in [1.82, 2.24) is 5.32 Å². The third-order valence-corrected chi connectivity index (χ3v) is 2.56. The smallest absolute Gasteiger partial charge is 0.271 e. The fourth-order valence-electron chi connectivity index (χ4n) is 1.15. The first kappa shape index (κ1) is 14.6. The van der Waals surface area contributed by atoms with Crippen LogP contribution in [0.4, 0.5) is 11.4 Å². The van der Waals surface area contributed by atoms with Crippen molar-refractivity contribution in [2.75, 3.05) is 25.6 Å². The molecule has 0 saturated carbocycles. The van der Waals surface area contributed by atoms with Crippen molar-refractivity contribution in [3.63, 3.8) is 0 Å². The van der Waals surface area contributed by atoms with Crippen molar-refractivity contribution in [3.8, 4) is 0 Å². The molecule has 0 atom stereocenters. The van der Waals surface area contributed by atoms with Crippen LogP contribution < -0.4 is 10.6 Å². The topological polar surface area (TPSA) is 76.4 Å². The van der Waals surface area contributed by atoms with Gasteiger partial charge in [0.15, 0.2) is 5.11 Å². The maximum atomic E-state index is 10.5. The normalized spacial score (nSPS) is 9.89. The van der Waals surface area contributed by atoms with Crippen molar-refractivity contribution in [2.45, 2.75) is 0 Å². The van der Waals surface area contributed by atoms with E-state index in [1.807, 2.05) is 0 Å². The van der Waals surface area contributed by atoms with Crippen molar-refractivity contribution in [1.29, 1.82) is 0 Å². The summed E-state index contributed by atoms with van der Waals surface area (Å²) >= 11 is 10.9. The number of nitro groups is 1. The lowest BCUT2D eigenvalue weighted by Gasteiger charge is -2.11. The summed E-state index contributed by atoms with van der Waals surface area (Å²) in [4.78, 5) is 10.0. The number of nitrogens with zero attached hydrogens (tertiary/aromatic N) is 1. The lowest BCUT2D eigenvalue weighted by atomic mass is 10.3. The summed E-state index contributed by atoms with van der Waals surface area (Å²) in [5.41, 5.74) is 0.445. The summed E-state index contributed by atoms with van der Waals surface area (Å²) in [5.74, 6) is 0. The number of rotatable bonds is 5. The number of anilines is 1. The van der Waals surface area contributed by atoms with E-state index in [-0.39, 0.29) is 10.7 Å². The largest absolute Gasteiger partial charge is 0.383 e. The van der Waals surface area contributed by atoms with Crippen LogP contribution in [0.15, 0.2) is 18.2 Å². The Kier molecular flexibility index (Phi) is 5.76. The standard InChI is InChI=1S/C10H12ClN3O3S/c1-17-5-4-12-10(18)13-9-3-2-7(14(15)16)6-8(9)11/h2-3,6H,4-5H2,1H3,(H2,12,13,18). The molecule has 0 aromatic heterocycles. The quantitative estimate of drug-likeness (QED) is 0.374. The van der Waals surface area contributed by atoms with Crippen molar-refractivity contribution in [2.24, 2.45) is 0 Å². The molecule has 98 valence electrons. The van der Waals surface area contributed by atoms with Crippen molar-refractivity contribution >= 4 is 40.3 Å². The number of nitrogens with one attached hydrogen (secondary N) is 2. The van der Waals surface area contributed by atoms with E-state index >= 15 is 0 Å². The molecule has 0 radical (unpaired) electrons. The summed E-state index contributed by atoms with van der Waals surface area (Å²) in [6.07, 6.45) is 0. The third-order valence-electron chi connectivity index (χ3n) is 2.00. The second-order valence-electron chi connectivity index (χ2n) is 3.29. The van der Waals surface area contributed by atoms with Crippen LogP contribution in [0.25, 0.3) is 0 Å². The number of hydrogen-bond acceptors (Lipinski definition) is 4. The van der Waals surface area contributed by atoms with Gasteiger partial charge in [-0.1, -0.05) is 11.6 Å². The number of thiocarbonyl (C=S) groups is 1. The Morgan fingerprint density at radius 2 is 2.33 bits per heavy atom. The van der Waals surface area contributed by atoms with Crippen LogP contribution in [0.1, 0.15) is 0 Å². The molecular formula is C10H12ClN3O3S. The van der Waals surface area contributed by atoms with E-state index in [1.54, 1.807) is 7.11 Å². The monoisotopic (exact) mass is 289 g/mol. The van der Waals surface area contributed by atoms with Gasteiger partial charge in [0.1, 0.15) is 0 Å². The molecule has 0 aliphatic carbocycles. The van der Waals surface area contributed by atoms with Crippen LogP contribution in [0.5, 0.6) is 0 Å². The molecule has 6 nitrogen and oxygen atoms in total. The van der Waals surface area contributed by atoms with Gasteiger partial charge in [0.2, 0.25) is 0 Å². The van der Waals surface area contributed by atoms with Gasteiger partial charge in [-0.25, -0.2) is 0 Å². The maximum absolute atomic E-state index is 10.5. The van der Waals surface area contributed by atoms with Crippen molar-refractivity contribution in [3.05, 3.63) is 33.3 Å². The molecule has 0 spiro atoms. The molecule has 0 saturated heterocycles. The molecule has 1 aromatic rings. The Hall–Kier alpha value is -1.44. The summed E-state index contributed by atoms with van der Waals surface area (Å²) in [7, 11) is 1.59. The van der Waals surface area contributed by atoms with Crippen LogP contribution in [-0.2, 0) is 4.74 Å². The zero-order valence-corrected chi connectivity index (χ0v) is 11.2. The molecule has 0 aliphatic heterocycles. The van der Waals surface area contributed by atoms with Gasteiger partial charge in [0.05, 0.1) is 22.2 Å². The van der Waals surface area contributed by atoms with E-state index in [2.05, 4.69) is 10.6 Å². The van der Waals surface area contributed by atoms with E-state index in [0.717, 1.165) is 0 Å². The third kappa shape index (κ3) is 4.44. The van der Waals surface area contributed by atoms with Crippen LogP contribution in [0.3, 0.4) is 0 Å². The predicted molar refractivity (Wildman–Crippen MR) is 74.2 cm³/mol. The van der Waals surface area contributed by atoms with Gasteiger partial charge in [-0.2, -0.15) is 0 Å².